The van der Waals surface area contributed by atoms with E-state index >= 15 is 0 Å². The van der Waals surface area contributed by atoms with Crippen LogP contribution in [-0.4, -0.2) is 42.7 Å². The lowest BCUT2D eigenvalue weighted by molar-refractivity contribution is 0.572. The van der Waals surface area contributed by atoms with Gasteiger partial charge in [0.05, 0.1) is 0 Å². The van der Waals surface area contributed by atoms with E-state index in [0.717, 1.165) is 30.5 Å². The van der Waals surface area contributed by atoms with Gasteiger partial charge in [-0.05, 0) is 33.1 Å². The Morgan fingerprint density at radius 1 is 1.32 bits per heavy atom. The van der Waals surface area contributed by atoms with E-state index in [1.165, 1.54) is 19.3 Å². The molecule has 0 saturated carbocycles. The zero-order valence-corrected chi connectivity index (χ0v) is 12.3. The smallest absolute Gasteiger partial charge is 0.134 e. The van der Waals surface area contributed by atoms with Gasteiger partial charge in [0, 0.05) is 38.8 Å². The van der Waals surface area contributed by atoms with Gasteiger partial charge >= 0.3 is 0 Å². The maximum Gasteiger partial charge on any atom is 0.134 e. The van der Waals surface area contributed by atoms with Crippen molar-refractivity contribution in [3.05, 3.63) is 11.9 Å². The van der Waals surface area contributed by atoms with Gasteiger partial charge in [-0.3, -0.25) is 0 Å². The van der Waals surface area contributed by atoms with Crippen LogP contribution in [0.3, 0.4) is 0 Å². The van der Waals surface area contributed by atoms with Crippen LogP contribution in [0.1, 0.15) is 32.0 Å². The molecule has 1 aliphatic rings. The number of nitrogens with two attached hydrogens (primary N) is 1. The lowest BCUT2D eigenvalue weighted by Gasteiger charge is -2.30. The van der Waals surface area contributed by atoms with Crippen LogP contribution in [0.4, 0.5) is 11.6 Å². The van der Waals surface area contributed by atoms with Crippen LogP contribution in [0.25, 0.3) is 0 Å². The maximum atomic E-state index is 5.73. The van der Waals surface area contributed by atoms with Crippen molar-refractivity contribution in [2.24, 2.45) is 5.73 Å². The first-order chi connectivity index (χ1) is 9.11. The first-order valence-electron chi connectivity index (χ1n) is 7.15. The molecular weight excluding hydrogens is 238 g/mol. The number of hydrogen-bond donors (Lipinski definition) is 1. The van der Waals surface area contributed by atoms with Gasteiger partial charge in [-0.25, -0.2) is 9.97 Å². The SMILES string of the molecule is Cc1nc(N2CCCCC2)cc(N(C)C(C)CN)n1. The highest BCUT2D eigenvalue weighted by atomic mass is 15.2. The van der Waals surface area contributed by atoms with Crippen molar-refractivity contribution in [2.75, 3.05) is 36.5 Å². The highest BCUT2D eigenvalue weighted by Crippen LogP contribution is 2.22. The molecule has 0 radical (unpaired) electrons. The van der Waals surface area contributed by atoms with E-state index in [1.54, 1.807) is 0 Å². The third-order valence-electron chi connectivity index (χ3n) is 3.85. The van der Waals surface area contributed by atoms with Crippen LogP contribution in [-0.2, 0) is 0 Å². The molecule has 2 heterocycles. The number of aryl methyl sites for hydroxylation is 1. The fraction of sp³-hybridized carbons (Fsp3) is 0.714. The number of anilines is 2. The molecule has 0 amide bonds. The highest BCUT2D eigenvalue weighted by molar-refractivity contribution is 5.51. The van der Waals surface area contributed by atoms with Crippen molar-refractivity contribution in [3.8, 4) is 0 Å². The van der Waals surface area contributed by atoms with Crippen LogP contribution in [0, 0.1) is 6.92 Å². The molecule has 106 valence electrons. The third-order valence-corrected chi connectivity index (χ3v) is 3.85. The molecule has 1 fully saturated rings. The van der Waals surface area contributed by atoms with Crippen molar-refractivity contribution < 1.29 is 0 Å². The summed E-state index contributed by atoms with van der Waals surface area (Å²) in [6.45, 7) is 6.90. The van der Waals surface area contributed by atoms with Crippen LogP contribution in [0.5, 0.6) is 0 Å². The van der Waals surface area contributed by atoms with Gasteiger partial charge in [0.15, 0.2) is 0 Å². The van der Waals surface area contributed by atoms with E-state index in [2.05, 4.69) is 32.8 Å². The van der Waals surface area contributed by atoms with E-state index in [9.17, 15) is 0 Å². The molecule has 0 spiro atoms. The fourth-order valence-corrected chi connectivity index (χ4v) is 2.39. The monoisotopic (exact) mass is 263 g/mol. The number of piperidine rings is 1. The summed E-state index contributed by atoms with van der Waals surface area (Å²) in [5, 5.41) is 0. The Hall–Kier alpha value is -1.36. The molecule has 1 unspecified atom stereocenters. The van der Waals surface area contributed by atoms with E-state index < -0.39 is 0 Å². The fourth-order valence-electron chi connectivity index (χ4n) is 2.39. The Balaban J connectivity index is 2.23. The summed E-state index contributed by atoms with van der Waals surface area (Å²) in [6, 6.07) is 2.37. The van der Waals surface area contributed by atoms with Gasteiger partial charge in [-0.15, -0.1) is 0 Å². The van der Waals surface area contributed by atoms with Crippen molar-refractivity contribution in [1.29, 1.82) is 0 Å². The molecule has 5 nitrogen and oxygen atoms in total. The zero-order chi connectivity index (χ0) is 13.8. The number of rotatable bonds is 4. The molecule has 1 saturated heterocycles. The summed E-state index contributed by atoms with van der Waals surface area (Å²) in [7, 11) is 2.04. The second-order valence-electron chi connectivity index (χ2n) is 5.37. The quantitative estimate of drug-likeness (QED) is 0.893. The molecular formula is C14H25N5. The molecule has 2 N–H and O–H groups in total. The molecule has 1 aromatic heterocycles. The third kappa shape index (κ3) is 3.35. The zero-order valence-electron chi connectivity index (χ0n) is 12.3. The Bertz CT molecular complexity index is 394. The molecule has 19 heavy (non-hydrogen) atoms. The van der Waals surface area contributed by atoms with Crippen molar-refractivity contribution in [1.82, 2.24) is 9.97 Å². The number of nitrogens with zero attached hydrogens (tertiary/aromatic N) is 4. The molecule has 1 atom stereocenters. The predicted molar refractivity (Wildman–Crippen MR) is 79.8 cm³/mol. The predicted octanol–water partition coefficient (Wildman–Crippen LogP) is 1.56. The summed E-state index contributed by atoms with van der Waals surface area (Å²) in [6.07, 6.45) is 3.85. The van der Waals surface area contributed by atoms with Gasteiger partial charge in [-0.2, -0.15) is 0 Å². The lowest BCUT2D eigenvalue weighted by Crippen LogP contribution is -2.36. The lowest BCUT2D eigenvalue weighted by atomic mass is 10.1. The molecule has 1 aliphatic heterocycles. The highest BCUT2D eigenvalue weighted by Gasteiger charge is 2.16. The van der Waals surface area contributed by atoms with Crippen LogP contribution in [0.2, 0.25) is 0 Å². The van der Waals surface area contributed by atoms with E-state index in [1.807, 2.05) is 14.0 Å². The van der Waals surface area contributed by atoms with E-state index in [4.69, 9.17) is 5.73 Å². The molecule has 0 aliphatic carbocycles. The summed E-state index contributed by atoms with van der Waals surface area (Å²) in [5.41, 5.74) is 5.73. The van der Waals surface area contributed by atoms with Crippen molar-refractivity contribution in [3.63, 3.8) is 0 Å². The average Bonchev–Trinajstić information content (AvgIpc) is 2.46. The van der Waals surface area contributed by atoms with Gasteiger partial charge in [0.25, 0.3) is 0 Å². The van der Waals surface area contributed by atoms with Gasteiger partial charge in [-0.1, -0.05) is 0 Å². The molecule has 0 bridgehead atoms. The Labute approximate surface area is 115 Å². The van der Waals surface area contributed by atoms with Gasteiger partial charge in [0.2, 0.25) is 0 Å². The summed E-state index contributed by atoms with van der Waals surface area (Å²) in [5.74, 6) is 2.85. The first-order valence-corrected chi connectivity index (χ1v) is 7.15. The molecule has 1 aromatic rings. The van der Waals surface area contributed by atoms with E-state index in [0.29, 0.717) is 6.54 Å². The van der Waals surface area contributed by atoms with E-state index in [-0.39, 0.29) is 6.04 Å². The second-order valence-corrected chi connectivity index (χ2v) is 5.37. The second kappa shape index (κ2) is 6.19. The summed E-state index contributed by atoms with van der Waals surface area (Å²) >= 11 is 0. The average molecular weight is 263 g/mol. The molecule has 5 heteroatoms. The van der Waals surface area contributed by atoms with Crippen LogP contribution >= 0.6 is 0 Å². The minimum atomic E-state index is 0.281. The van der Waals surface area contributed by atoms with Gasteiger partial charge in [0.1, 0.15) is 17.5 Å². The first kappa shape index (κ1) is 14.1. The molecule has 2 rings (SSSR count). The van der Waals surface area contributed by atoms with Gasteiger partial charge < -0.3 is 15.5 Å². The Morgan fingerprint density at radius 3 is 2.63 bits per heavy atom. The topological polar surface area (TPSA) is 58.3 Å². The minimum absolute atomic E-state index is 0.281. The normalized spacial score (nSPS) is 17.4. The van der Waals surface area contributed by atoms with Crippen LogP contribution in [0.15, 0.2) is 6.07 Å². The van der Waals surface area contributed by atoms with Crippen molar-refractivity contribution in [2.45, 2.75) is 39.2 Å². The largest absolute Gasteiger partial charge is 0.356 e. The Kier molecular flexibility index (Phi) is 4.58. The van der Waals surface area contributed by atoms with Crippen LogP contribution < -0.4 is 15.5 Å². The summed E-state index contributed by atoms with van der Waals surface area (Å²) in [4.78, 5) is 13.6. The standard InChI is InChI=1S/C14H25N5/c1-11(10-15)18(3)13-9-14(17-12(2)16-13)19-7-5-4-6-8-19/h9,11H,4-8,10,15H2,1-3H3. The number of aromatic nitrogens is 2. The maximum absolute atomic E-state index is 5.73. The van der Waals surface area contributed by atoms with Crippen molar-refractivity contribution >= 4 is 11.6 Å². The number of hydrogen-bond acceptors (Lipinski definition) is 5. The Morgan fingerprint density at radius 2 is 2.00 bits per heavy atom. The minimum Gasteiger partial charge on any atom is -0.356 e. The molecule has 0 aromatic carbocycles. The summed E-state index contributed by atoms with van der Waals surface area (Å²) < 4.78 is 0. The number of likely N-dealkylation sites (N-methyl/N-ethyl adjacent to an activating group) is 1.